The van der Waals surface area contributed by atoms with Crippen molar-refractivity contribution in [3.05, 3.63) is 30.1 Å². The van der Waals surface area contributed by atoms with Gasteiger partial charge < -0.3 is 14.5 Å². The van der Waals surface area contributed by atoms with E-state index in [0.29, 0.717) is 26.1 Å². The molecule has 0 aliphatic carbocycles. The molecule has 27 heavy (non-hydrogen) atoms. The molecule has 148 valence electrons. The maximum atomic E-state index is 12.5. The quantitative estimate of drug-likeness (QED) is 0.689. The highest BCUT2D eigenvalue weighted by Crippen LogP contribution is 2.39. The molecular weight excluding hydrogens is 342 g/mol. The van der Waals surface area contributed by atoms with Gasteiger partial charge in [-0.25, -0.2) is 0 Å². The highest BCUT2D eigenvalue weighted by Gasteiger charge is 2.42. The van der Waals surface area contributed by atoms with Crippen molar-refractivity contribution in [1.82, 2.24) is 14.8 Å². The molecule has 0 unspecified atom stereocenters. The number of nitrogens with zero attached hydrogens (tertiary/aromatic N) is 3. The normalized spacial score (nSPS) is 23.1. The first-order chi connectivity index (χ1) is 13.1. The van der Waals surface area contributed by atoms with E-state index in [9.17, 15) is 9.59 Å². The second-order valence-electron chi connectivity index (χ2n) is 7.90. The van der Waals surface area contributed by atoms with Gasteiger partial charge in [0.1, 0.15) is 6.61 Å². The van der Waals surface area contributed by atoms with Crippen molar-refractivity contribution in [2.75, 3.05) is 32.8 Å². The number of carbonyl (C=O) groups excluding carboxylic acids is 2. The standard InChI is InChI=1S/C21H31N3O3/c1-2-3-13-27-15-20(26)23-12-6-9-21(16-23)10-8-19(25)24(17-21)14-18-7-4-5-11-22-18/h4-5,7,11H,2-3,6,8-10,12-17H2,1H3/t21-/m1/s1. The summed E-state index contributed by atoms with van der Waals surface area (Å²) in [6.45, 7) is 5.72. The SMILES string of the molecule is CCCCOCC(=O)N1CCC[C@@]2(CCC(=O)N(Cc3ccccn3)C2)C1. The zero-order valence-electron chi connectivity index (χ0n) is 16.4. The van der Waals surface area contributed by atoms with Gasteiger partial charge in [0.2, 0.25) is 11.8 Å². The fourth-order valence-corrected chi connectivity index (χ4v) is 4.18. The Morgan fingerprint density at radius 3 is 2.96 bits per heavy atom. The van der Waals surface area contributed by atoms with Crippen molar-refractivity contribution in [2.45, 2.75) is 52.0 Å². The summed E-state index contributed by atoms with van der Waals surface area (Å²) in [5.41, 5.74) is 0.927. The fourth-order valence-electron chi connectivity index (χ4n) is 4.18. The van der Waals surface area contributed by atoms with E-state index in [2.05, 4.69) is 11.9 Å². The third kappa shape index (κ3) is 5.28. The summed E-state index contributed by atoms with van der Waals surface area (Å²) >= 11 is 0. The molecule has 2 aliphatic heterocycles. The second-order valence-corrected chi connectivity index (χ2v) is 7.90. The Morgan fingerprint density at radius 1 is 1.30 bits per heavy atom. The van der Waals surface area contributed by atoms with Gasteiger partial charge in [0.15, 0.2) is 0 Å². The molecule has 6 heteroatoms. The van der Waals surface area contributed by atoms with Crippen molar-refractivity contribution in [2.24, 2.45) is 5.41 Å². The number of hydrogen-bond donors (Lipinski definition) is 0. The smallest absolute Gasteiger partial charge is 0.248 e. The number of amides is 2. The van der Waals surface area contributed by atoms with Crippen LogP contribution in [-0.2, 0) is 20.9 Å². The predicted octanol–water partition coefficient (Wildman–Crippen LogP) is 2.63. The van der Waals surface area contributed by atoms with Crippen molar-refractivity contribution in [3.8, 4) is 0 Å². The molecular formula is C21H31N3O3. The molecule has 0 bridgehead atoms. The average Bonchev–Trinajstić information content (AvgIpc) is 2.69. The van der Waals surface area contributed by atoms with Crippen molar-refractivity contribution < 1.29 is 14.3 Å². The maximum Gasteiger partial charge on any atom is 0.248 e. The molecule has 2 amide bonds. The number of likely N-dealkylation sites (tertiary alicyclic amines) is 2. The lowest BCUT2D eigenvalue weighted by Gasteiger charge is -2.48. The molecule has 1 aromatic rings. The van der Waals surface area contributed by atoms with Gasteiger partial charge in [-0.15, -0.1) is 0 Å². The highest BCUT2D eigenvalue weighted by molar-refractivity contribution is 5.78. The summed E-state index contributed by atoms with van der Waals surface area (Å²) in [4.78, 5) is 33.2. The number of piperidine rings is 2. The molecule has 2 fully saturated rings. The summed E-state index contributed by atoms with van der Waals surface area (Å²) in [5, 5.41) is 0. The molecule has 2 saturated heterocycles. The van der Waals surface area contributed by atoms with Gasteiger partial charge in [-0.2, -0.15) is 0 Å². The number of pyridine rings is 1. The third-order valence-electron chi connectivity index (χ3n) is 5.71. The Hall–Kier alpha value is -1.95. The summed E-state index contributed by atoms with van der Waals surface area (Å²) in [7, 11) is 0. The van der Waals surface area contributed by atoms with Crippen LogP contribution in [0.3, 0.4) is 0 Å². The molecule has 3 rings (SSSR count). The average molecular weight is 373 g/mol. The molecule has 3 heterocycles. The minimum absolute atomic E-state index is 0.0139. The second kappa shape index (κ2) is 9.31. The highest BCUT2D eigenvalue weighted by atomic mass is 16.5. The van der Waals surface area contributed by atoms with Crippen LogP contribution < -0.4 is 0 Å². The largest absolute Gasteiger partial charge is 0.372 e. The number of carbonyl (C=O) groups is 2. The first kappa shape index (κ1) is 19.8. The first-order valence-corrected chi connectivity index (χ1v) is 10.2. The topological polar surface area (TPSA) is 62.7 Å². The summed E-state index contributed by atoms with van der Waals surface area (Å²) in [6.07, 6.45) is 7.31. The van der Waals surface area contributed by atoms with Crippen LogP contribution in [0.1, 0.15) is 51.1 Å². The van der Waals surface area contributed by atoms with Crippen LogP contribution in [-0.4, -0.2) is 59.4 Å². The van der Waals surface area contributed by atoms with E-state index in [1.54, 1.807) is 6.20 Å². The predicted molar refractivity (Wildman–Crippen MR) is 103 cm³/mol. The number of unbranched alkanes of at least 4 members (excludes halogenated alkanes) is 1. The van der Waals surface area contributed by atoms with E-state index in [1.165, 1.54) is 0 Å². The number of rotatable bonds is 7. The van der Waals surface area contributed by atoms with Crippen LogP contribution in [0, 0.1) is 5.41 Å². The van der Waals surface area contributed by atoms with E-state index in [1.807, 2.05) is 28.0 Å². The van der Waals surface area contributed by atoms with Crippen LogP contribution in [0.2, 0.25) is 0 Å². The van der Waals surface area contributed by atoms with Gasteiger partial charge in [0.05, 0.1) is 12.2 Å². The van der Waals surface area contributed by atoms with Crippen LogP contribution in [0.4, 0.5) is 0 Å². The fraction of sp³-hybridized carbons (Fsp3) is 0.667. The number of aromatic nitrogens is 1. The monoisotopic (exact) mass is 373 g/mol. The van der Waals surface area contributed by atoms with Crippen molar-refractivity contribution in [3.63, 3.8) is 0 Å². The molecule has 0 N–H and O–H groups in total. The Labute approximate surface area is 161 Å². The van der Waals surface area contributed by atoms with E-state index in [-0.39, 0.29) is 23.8 Å². The van der Waals surface area contributed by atoms with E-state index < -0.39 is 0 Å². The molecule has 1 aromatic heterocycles. The summed E-state index contributed by atoms with van der Waals surface area (Å²) in [5.74, 6) is 0.274. The van der Waals surface area contributed by atoms with Gasteiger partial charge in [0.25, 0.3) is 0 Å². The van der Waals surface area contributed by atoms with E-state index in [0.717, 1.165) is 50.9 Å². The van der Waals surface area contributed by atoms with Gasteiger partial charge in [-0.05, 0) is 37.8 Å². The molecule has 0 saturated carbocycles. The van der Waals surface area contributed by atoms with Gasteiger partial charge in [-0.3, -0.25) is 14.6 Å². The van der Waals surface area contributed by atoms with Crippen molar-refractivity contribution in [1.29, 1.82) is 0 Å². The third-order valence-corrected chi connectivity index (χ3v) is 5.71. The zero-order valence-corrected chi connectivity index (χ0v) is 16.4. The maximum absolute atomic E-state index is 12.5. The van der Waals surface area contributed by atoms with Gasteiger partial charge >= 0.3 is 0 Å². The minimum atomic E-state index is 0.0139. The van der Waals surface area contributed by atoms with Crippen LogP contribution in [0.15, 0.2) is 24.4 Å². The van der Waals surface area contributed by atoms with E-state index in [4.69, 9.17) is 4.74 Å². The van der Waals surface area contributed by atoms with Gasteiger partial charge in [-0.1, -0.05) is 19.4 Å². The molecule has 1 spiro atoms. The van der Waals surface area contributed by atoms with Crippen LogP contribution in [0.5, 0.6) is 0 Å². The molecule has 1 atom stereocenters. The molecule has 0 aromatic carbocycles. The lowest BCUT2D eigenvalue weighted by Crippen LogP contribution is -2.55. The Kier molecular flexibility index (Phi) is 6.83. The number of hydrogen-bond acceptors (Lipinski definition) is 4. The van der Waals surface area contributed by atoms with Crippen LogP contribution >= 0.6 is 0 Å². The van der Waals surface area contributed by atoms with Crippen LogP contribution in [0.25, 0.3) is 0 Å². The first-order valence-electron chi connectivity index (χ1n) is 10.2. The van der Waals surface area contributed by atoms with Crippen molar-refractivity contribution >= 4 is 11.8 Å². The molecule has 6 nitrogen and oxygen atoms in total. The Bertz CT molecular complexity index is 637. The van der Waals surface area contributed by atoms with Gasteiger partial charge in [0, 0.05) is 44.3 Å². The lowest BCUT2D eigenvalue weighted by atomic mass is 9.73. The minimum Gasteiger partial charge on any atom is -0.372 e. The summed E-state index contributed by atoms with van der Waals surface area (Å²) in [6, 6.07) is 5.79. The molecule has 2 aliphatic rings. The Morgan fingerprint density at radius 2 is 2.19 bits per heavy atom. The number of ether oxygens (including phenoxy) is 1. The lowest BCUT2D eigenvalue weighted by molar-refractivity contribution is -0.146. The molecule has 0 radical (unpaired) electrons. The zero-order chi connectivity index (χ0) is 19.1. The Balaban J connectivity index is 1.59. The summed E-state index contributed by atoms with van der Waals surface area (Å²) < 4.78 is 5.52. The van der Waals surface area contributed by atoms with E-state index >= 15 is 0 Å².